The number of carboxylic acid groups (broad SMARTS) is 1. The molecule has 17 heavy (non-hydrogen) atoms. The summed E-state index contributed by atoms with van der Waals surface area (Å²) in [6.45, 7) is 0.284. The van der Waals surface area contributed by atoms with Gasteiger partial charge in [0.05, 0.1) is 0 Å². The van der Waals surface area contributed by atoms with Crippen LogP contribution in [0.25, 0.3) is 0 Å². The maximum atomic E-state index is 11.4. The minimum atomic E-state index is -0.715. The molecule has 1 N–H and O–H groups in total. The summed E-state index contributed by atoms with van der Waals surface area (Å²) in [6.07, 6.45) is 4.58. The fourth-order valence-electron chi connectivity index (χ4n) is 2.39. The van der Waals surface area contributed by atoms with Crippen molar-refractivity contribution in [3.63, 3.8) is 0 Å². The standard InChI is InChI=1S/C14H18O3/c15-13(16)14(9-5-2-6-10-14)11-17-12-7-3-1-4-8-12/h1,3-4,7-8H,2,5-6,9-11H2,(H,15,16). The van der Waals surface area contributed by atoms with Crippen LogP contribution in [-0.4, -0.2) is 17.7 Å². The predicted octanol–water partition coefficient (Wildman–Crippen LogP) is 3.10. The molecule has 1 saturated carbocycles. The molecule has 0 aliphatic heterocycles. The predicted molar refractivity (Wildman–Crippen MR) is 65.1 cm³/mol. The minimum absolute atomic E-state index is 0.284. The second-order valence-electron chi connectivity index (χ2n) is 4.75. The van der Waals surface area contributed by atoms with Gasteiger partial charge >= 0.3 is 5.97 Å². The number of carbonyl (C=O) groups is 1. The van der Waals surface area contributed by atoms with Crippen molar-refractivity contribution in [3.05, 3.63) is 30.3 Å². The quantitative estimate of drug-likeness (QED) is 0.870. The van der Waals surface area contributed by atoms with Crippen molar-refractivity contribution < 1.29 is 14.6 Å². The second kappa shape index (κ2) is 5.21. The highest BCUT2D eigenvalue weighted by Gasteiger charge is 2.40. The maximum Gasteiger partial charge on any atom is 0.313 e. The van der Waals surface area contributed by atoms with Gasteiger partial charge in [-0.3, -0.25) is 4.79 Å². The van der Waals surface area contributed by atoms with Crippen LogP contribution in [0, 0.1) is 5.41 Å². The summed E-state index contributed by atoms with van der Waals surface area (Å²) in [7, 11) is 0. The molecule has 0 spiro atoms. The van der Waals surface area contributed by atoms with Crippen molar-refractivity contribution in [2.45, 2.75) is 32.1 Å². The molecule has 3 heteroatoms. The first-order valence-corrected chi connectivity index (χ1v) is 6.14. The molecular formula is C14H18O3. The highest BCUT2D eigenvalue weighted by atomic mass is 16.5. The lowest BCUT2D eigenvalue weighted by Gasteiger charge is -2.32. The molecule has 0 atom stereocenters. The van der Waals surface area contributed by atoms with Gasteiger partial charge in [0.2, 0.25) is 0 Å². The number of para-hydroxylation sites is 1. The van der Waals surface area contributed by atoms with E-state index in [-0.39, 0.29) is 6.61 Å². The first kappa shape index (κ1) is 12.0. The van der Waals surface area contributed by atoms with Gasteiger partial charge in [-0.15, -0.1) is 0 Å². The van der Waals surface area contributed by atoms with Crippen molar-refractivity contribution in [2.75, 3.05) is 6.61 Å². The smallest absolute Gasteiger partial charge is 0.313 e. The van der Waals surface area contributed by atoms with Crippen LogP contribution >= 0.6 is 0 Å². The van der Waals surface area contributed by atoms with Gasteiger partial charge < -0.3 is 9.84 Å². The summed E-state index contributed by atoms with van der Waals surface area (Å²) in [5.74, 6) is 0.0341. The Morgan fingerprint density at radius 2 is 1.82 bits per heavy atom. The molecule has 0 aromatic heterocycles. The van der Waals surface area contributed by atoms with Crippen molar-refractivity contribution in [2.24, 2.45) is 5.41 Å². The summed E-state index contributed by atoms with van der Waals surface area (Å²) in [6, 6.07) is 9.42. The Bertz CT molecular complexity index is 366. The average molecular weight is 234 g/mol. The van der Waals surface area contributed by atoms with Gasteiger partial charge in [0.15, 0.2) is 0 Å². The van der Waals surface area contributed by atoms with E-state index in [4.69, 9.17) is 4.74 Å². The van der Waals surface area contributed by atoms with Crippen LogP contribution in [0.15, 0.2) is 30.3 Å². The van der Waals surface area contributed by atoms with E-state index in [1.165, 1.54) is 0 Å². The molecule has 2 rings (SSSR count). The largest absolute Gasteiger partial charge is 0.492 e. The molecule has 1 aromatic carbocycles. The number of hydrogen-bond acceptors (Lipinski definition) is 2. The summed E-state index contributed by atoms with van der Waals surface area (Å²) < 4.78 is 5.63. The van der Waals surface area contributed by atoms with E-state index in [0.717, 1.165) is 37.9 Å². The zero-order valence-corrected chi connectivity index (χ0v) is 9.89. The molecule has 1 aliphatic rings. The van der Waals surface area contributed by atoms with Crippen LogP contribution in [0.2, 0.25) is 0 Å². The van der Waals surface area contributed by atoms with Gasteiger partial charge in [-0.2, -0.15) is 0 Å². The maximum absolute atomic E-state index is 11.4. The van der Waals surface area contributed by atoms with Gasteiger partial charge in [0, 0.05) is 0 Å². The number of ether oxygens (including phenoxy) is 1. The van der Waals surface area contributed by atoms with E-state index in [1.54, 1.807) is 0 Å². The Morgan fingerprint density at radius 3 is 2.41 bits per heavy atom. The van der Waals surface area contributed by atoms with Crippen molar-refractivity contribution >= 4 is 5.97 Å². The van der Waals surface area contributed by atoms with Gasteiger partial charge in [0.1, 0.15) is 17.8 Å². The number of carboxylic acids is 1. The Balaban J connectivity index is 2.01. The topological polar surface area (TPSA) is 46.5 Å². The molecule has 1 fully saturated rings. The van der Waals surface area contributed by atoms with Crippen LogP contribution in [0.1, 0.15) is 32.1 Å². The summed E-state index contributed by atoms with van der Waals surface area (Å²) in [4.78, 5) is 11.4. The Morgan fingerprint density at radius 1 is 1.18 bits per heavy atom. The van der Waals surface area contributed by atoms with E-state index < -0.39 is 11.4 Å². The lowest BCUT2D eigenvalue weighted by Crippen LogP contribution is -2.38. The summed E-state index contributed by atoms with van der Waals surface area (Å²) in [5, 5.41) is 9.39. The van der Waals surface area contributed by atoms with Crippen molar-refractivity contribution in [3.8, 4) is 5.75 Å². The van der Waals surface area contributed by atoms with Gasteiger partial charge in [-0.1, -0.05) is 37.5 Å². The monoisotopic (exact) mass is 234 g/mol. The van der Waals surface area contributed by atoms with Crippen molar-refractivity contribution in [1.82, 2.24) is 0 Å². The molecule has 1 aliphatic carbocycles. The normalized spacial score (nSPS) is 18.6. The van der Waals surface area contributed by atoms with Gasteiger partial charge in [0.25, 0.3) is 0 Å². The third-order valence-corrected chi connectivity index (χ3v) is 3.52. The highest BCUT2D eigenvalue weighted by Crippen LogP contribution is 2.37. The van der Waals surface area contributed by atoms with Crippen LogP contribution in [0.4, 0.5) is 0 Å². The van der Waals surface area contributed by atoms with E-state index in [9.17, 15) is 9.90 Å². The van der Waals surface area contributed by atoms with Crippen LogP contribution in [0.5, 0.6) is 5.75 Å². The number of rotatable bonds is 4. The fourth-order valence-corrected chi connectivity index (χ4v) is 2.39. The molecular weight excluding hydrogens is 216 g/mol. The molecule has 92 valence electrons. The Kier molecular flexibility index (Phi) is 3.67. The number of hydrogen-bond donors (Lipinski definition) is 1. The van der Waals surface area contributed by atoms with Gasteiger partial charge in [-0.25, -0.2) is 0 Å². The summed E-state index contributed by atoms with van der Waals surface area (Å²) >= 11 is 0. The van der Waals surface area contributed by atoms with Gasteiger partial charge in [-0.05, 0) is 25.0 Å². The zero-order valence-electron chi connectivity index (χ0n) is 9.89. The van der Waals surface area contributed by atoms with Crippen LogP contribution in [0.3, 0.4) is 0 Å². The molecule has 0 unspecified atom stereocenters. The third-order valence-electron chi connectivity index (χ3n) is 3.52. The number of aliphatic carboxylic acids is 1. The molecule has 0 saturated heterocycles. The first-order valence-electron chi connectivity index (χ1n) is 6.14. The third kappa shape index (κ3) is 2.78. The van der Waals surface area contributed by atoms with Crippen molar-refractivity contribution in [1.29, 1.82) is 0 Å². The number of benzene rings is 1. The SMILES string of the molecule is O=C(O)C1(COc2ccccc2)CCCCC1. The molecule has 0 radical (unpaired) electrons. The molecule has 0 heterocycles. The average Bonchev–Trinajstić information content (AvgIpc) is 2.38. The zero-order chi connectivity index (χ0) is 12.1. The molecule has 0 amide bonds. The van der Waals surface area contributed by atoms with Crippen LogP contribution < -0.4 is 4.74 Å². The first-order chi connectivity index (χ1) is 8.23. The lowest BCUT2D eigenvalue weighted by molar-refractivity contribution is -0.153. The molecule has 0 bridgehead atoms. The minimum Gasteiger partial charge on any atom is -0.492 e. The molecule has 1 aromatic rings. The van der Waals surface area contributed by atoms with E-state index in [2.05, 4.69) is 0 Å². The van der Waals surface area contributed by atoms with Crippen LogP contribution in [-0.2, 0) is 4.79 Å². The molecule has 3 nitrogen and oxygen atoms in total. The van der Waals surface area contributed by atoms with E-state index >= 15 is 0 Å². The summed E-state index contributed by atoms with van der Waals surface area (Å²) in [5.41, 5.74) is -0.673. The Labute approximate surface area is 101 Å². The lowest BCUT2D eigenvalue weighted by atomic mass is 9.75. The van der Waals surface area contributed by atoms with E-state index in [1.807, 2.05) is 30.3 Å². The fraction of sp³-hybridized carbons (Fsp3) is 0.500. The second-order valence-corrected chi connectivity index (χ2v) is 4.75. The van der Waals surface area contributed by atoms with E-state index in [0.29, 0.717) is 0 Å². The Hall–Kier alpha value is -1.51. The highest BCUT2D eigenvalue weighted by molar-refractivity contribution is 5.75.